The molecule has 0 bridgehead atoms. The Kier molecular flexibility index (Phi) is 7.10. The molecule has 2 aromatic carbocycles. The normalized spacial score (nSPS) is 24.2. The highest BCUT2D eigenvalue weighted by molar-refractivity contribution is 6.30. The van der Waals surface area contributed by atoms with E-state index in [4.69, 9.17) is 16.3 Å². The molecule has 0 N–H and O–H groups in total. The Morgan fingerprint density at radius 1 is 0.969 bits per heavy atom. The van der Waals surface area contributed by atoms with Gasteiger partial charge in [0.1, 0.15) is 5.60 Å². The standard InChI is InChI=1S/C27H29ClO4/c28-22-13-7-10-20(16-22)14-15-27(21-11-5-2-6-12-21)18-24(30)25(26(31)32-27)23(29)17-19-8-3-1-4-9-19/h1,3-4,7-10,13,16,21,25H,2,5-6,11-12,14-15,17-18H2. The van der Waals surface area contributed by atoms with Crippen molar-refractivity contribution < 1.29 is 19.1 Å². The van der Waals surface area contributed by atoms with Gasteiger partial charge in [-0.3, -0.25) is 14.4 Å². The van der Waals surface area contributed by atoms with Crippen LogP contribution in [0.4, 0.5) is 0 Å². The van der Waals surface area contributed by atoms with Crippen LogP contribution in [-0.2, 0) is 32.0 Å². The van der Waals surface area contributed by atoms with E-state index in [1.165, 1.54) is 6.42 Å². The van der Waals surface area contributed by atoms with Crippen molar-refractivity contribution >= 4 is 29.1 Å². The van der Waals surface area contributed by atoms with Gasteiger partial charge in [0.2, 0.25) is 0 Å². The average Bonchev–Trinajstić information content (AvgIpc) is 2.79. The first-order valence-corrected chi connectivity index (χ1v) is 11.9. The number of cyclic esters (lactones) is 1. The minimum Gasteiger partial charge on any atom is -0.457 e. The summed E-state index contributed by atoms with van der Waals surface area (Å²) < 4.78 is 6.09. The highest BCUT2D eigenvalue weighted by Gasteiger charge is 2.52. The van der Waals surface area contributed by atoms with E-state index in [0.29, 0.717) is 17.9 Å². The number of halogens is 1. The lowest BCUT2D eigenvalue weighted by atomic mass is 9.69. The second kappa shape index (κ2) is 9.99. The van der Waals surface area contributed by atoms with Crippen molar-refractivity contribution in [3.8, 4) is 0 Å². The van der Waals surface area contributed by atoms with E-state index in [2.05, 4.69) is 0 Å². The second-order valence-corrected chi connectivity index (χ2v) is 9.59. The van der Waals surface area contributed by atoms with Crippen LogP contribution in [0.5, 0.6) is 0 Å². The van der Waals surface area contributed by atoms with Gasteiger partial charge >= 0.3 is 5.97 Å². The van der Waals surface area contributed by atoms with E-state index in [9.17, 15) is 14.4 Å². The van der Waals surface area contributed by atoms with E-state index in [1.54, 1.807) is 0 Å². The summed E-state index contributed by atoms with van der Waals surface area (Å²) >= 11 is 6.14. The lowest BCUT2D eigenvalue weighted by molar-refractivity contribution is -0.188. The molecule has 168 valence electrons. The van der Waals surface area contributed by atoms with E-state index < -0.39 is 17.5 Å². The molecule has 2 aliphatic rings. The molecule has 0 radical (unpaired) electrons. The minimum absolute atomic E-state index is 0.0608. The predicted molar refractivity (Wildman–Crippen MR) is 123 cm³/mol. The molecule has 2 atom stereocenters. The van der Waals surface area contributed by atoms with Crippen molar-refractivity contribution in [3.63, 3.8) is 0 Å². The van der Waals surface area contributed by atoms with Crippen LogP contribution in [0.3, 0.4) is 0 Å². The highest BCUT2D eigenvalue weighted by atomic mass is 35.5. The number of Topliss-reactive ketones (excluding diaryl/α,β-unsaturated/α-hetero) is 2. The largest absolute Gasteiger partial charge is 0.457 e. The van der Waals surface area contributed by atoms with E-state index in [1.807, 2.05) is 54.6 Å². The van der Waals surface area contributed by atoms with Gasteiger partial charge in [-0.2, -0.15) is 0 Å². The van der Waals surface area contributed by atoms with Gasteiger partial charge in [-0.05, 0) is 54.9 Å². The summed E-state index contributed by atoms with van der Waals surface area (Å²) in [7, 11) is 0. The number of ether oxygens (including phenoxy) is 1. The molecular weight excluding hydrogens is 424 g/mol. The van der Waals surface area contributed by atoms with Gasteiger partial charge in [-0.1, -0.05) is 73.3 Å². The monoisotopic (exact) mass is 452 g/mol. The summed E-state index contributed by atoms with van der Waals surface area (Å²) in [6.45, 7) is 0. The lowest BCUT2D eigenvalue weighted by Crippen LogP contribution is -2.54. The first-order valence-electron chi connectivity index (χ1n) is 11.5. The van der Waals surface area contributed by atoms with Crippen molar-refractivity contribution in [2.75, 3.05) is 0 Å². The van der Waals surface area contributed by atoms with Crippen LogP contribution in [0.2, 0.25) is 5.02 Å². The van der Waals surface area contributed by atoms with E-state index >= 15 is 0 Å². The molecule has 0 aromatic heterocycles. The van der Waals surface area contributed by atoms with E-state index in [0.717, 1.165) is 36.8 Å². The average molecular weight is 453 g/mol. The van der Waals surface area contributed by atoms with Crippen molar-refractivity contribution in [2.24, 2.45) is 11.8 Å². The lowest BCUT2D eigenvalue weighted by Gasteiger charge is -2.45. The number of ketones is 2. The summed E-state index contributed by atoms with van der Waals surface area (Å²) in [6.07, 6.45) is 6.62. The van der Waals surface area contributed by atoms with Gasteiger partial charge in [0.15, 0.2) is 17.5 Å². The Labute approximate surface area is 194 Å². The van der Waals surface area contributed by atoms with Crippen LogP contribution < -0.4 is 0 Å². The molecule has 2 unspecified atom stereocenters. The third-order valence-electron chi connectivity index (χ3n) is 6.95. The van der Waals surface area contributed by atoms with Crippen LogP contribution >= 0.6 is 11.6 Å². The third-order valence-corrected chi connectivity index (χ3v) is 7.19. The molecule has 1 saturated carbocycles. The quantitative estimate of drug-likeness (QED) is 0.409. The molecule has 1 aliphatic carbocycles. The Morgan fingerprint density at radius 3 is 2.38 bits per heavy atom. The van der Waals surface area contributed by atoms with Gasteiger partial charge in [0.05, 0.1) is 0 Å². The fourth-order valence-corrected chi connectivity index (χ4v) is 5.50. The van der Waals surface area contributed by atoms with Crippen LogP contribution in [0.25, 0.3) is 0 Å². The summed E-state index contributed by atoms with van der Waals surface area (Å²) in [5, 5.41) is 0.664. The molecule has 1 heterocycles. The zero-order valence-corrected chi connectivity index (χ0v) is 19.0. The number of hydrogen-bond donors (Lipinski definition) is 0. The van der Waals surface area contributed by atoms with Gasteiger partial charge < -0.3 is 4.74 Å². The minimum atomic E-state index is -1.31. The fraction of sp³-hybridized carbons (Fsp3) is 0.444. The third kappa shape index (κ3) is 5.12. The molecule has 0 amide bonds. The van der Waals surface area contributed by atoms with Crippen molar-refractivity contribution in [2.45, 2.75) is 63.4 Å². The highest BCUT2D eigenvalue weighted by Crippen LogP contribution is 2.44. The van der Waals surface area contributed by atoms with Crippen molar-refractivity contribution in [1.82, 2.24) is 0 Å². The zero-order valence-electron chi connectivity index (χ0n) is 18.2. The summed E-state index contributed by atoms with van der Waals surface area (Å²) in [5.74, 6) is -2.50. The maximum Gasteiger partial charge on any atom is 0.324 e. The first kappa shape index (κ1) is 22.7. The summed E-state index contributed by atoms with van der Waals surface area (Å²) in [5.41, 5.74) is 1.02. The Hall–Kier alpha value is -2.46. The maximum atomic E-state index is 13.2. The first-order chi connectivity index (χ1) is 15.5. The SMILES string of the molecule is O=C(Cc1ccccc1)C1C(=O)CC(CCc2cccc(Cl)c2)(C2CCCCC2)OC1=O. The number of aryl methyl sites for hydroxylation is 1. The summed E-state index contributed by atoms with van der Waals surface area (Å²) in [6, 6.07) is 16.8. The molecule has 2 fully saturated rings. The molecular formula is C27H29ClO4. The molecule has 5 heteroatoms. The topological polar surface area (TPSA) is 60.4 Å². The number of carbonyl (C=O) groups is 3. The van der Waals surface area contributed by atoms with E-state index in [-0.39, 0.29) is 30.3 Å². The second-order valence-electron chi connectivity index (χ2n) is 9.16. The van der Waals surface area contributed by atoms with Crippen LogP contribution in [-0.4, -0.2) is 23.1 Å². The summed E-state index contributed by atoms with van der Waals surface area (Å²) in [4.78, 5) is 39.1. The van der Waals surface area contributed by atoms with Gasteiger partial charge in [0, 0.05) is 17.9 Å². The molecule has 0 spiro atoms. The van der Waals surface area contributed by atoms with Crippen LogP contribution in [0, 0.1) is 11.8 Å². The van der Waals surface area contributed by atoms with Gasteiger partial charge in [0.25, 0.3) is 0 Å². The van der Waals surface area contributed by atoms with Crippen molar-refractivity contribution in [1.29, 1.82) is 0 Å². The Morgan fingerprint density at radius 2 is 1.69 bits per heavy atom. The molecule has 1 saturated heterocycles. The molecule has 32 heavy (non-hydrogen) atoms. The number of hydrogen-bond acceptors (Lipinski definition) is 4. The van der Waals surface area contributed by atoms with Gasteiger partial charge in [-0.15, -0.1) is 0 Å². The fourth-order valence-electron chi connectivity index (χ4n) is 5.28. The van der Waals surface area contributed by atoms with Crippen molar-refractivity contribution in [3.05, 3.63) is 70.7 Å². The Balaban J connectivity index is 1.53. The smallest absolute Gasteiger partial charge is 0.324 e. The maximum absolute atomic E-state index is 13.2. The number of benzene rings is 2. The molecule has 2 aromatic rings. The van der Waals surface area contributed by atoms with Gasteiger partial charge in [-0.25, -0.2) is 0 Å². The molecule has 1 aliphatic heterocycles. The molecule has 4 nitrogen and oxygen atoms in total. The number of rotatable bonds is 7. The predicted octanol–water partition coefficient (Wildman–Crippen LogP) is 5.54. The van der Waals surface area contributed by atoms with Crippen LogP contribution in [0.1, 0.15) is 56.1 Å². The Bertz CT molecular complexity index is 960. The number of carbonyl (C=O) groups excluding carboxylic acids is 3. The van der Waals surface area contributed by atoms with Crippen LogP contribution in [0.15, 0.2) is 54.6 Å². The zero-order chi connectivity index (χ0) is 22.6. The number of esters is 1. The molecule has 4 rings (SSSR count).